The number of pyridine rings is 1. The van der Waals surface area contributed by atoms with Gasteiger partial charge in [0.05, 0.1) is 18.9 Å². The topological polar surface area (TPSA) is 77.5 Å². The van der Waals surface area contributed by atoms with Gasteiger partial charge in [-0.1, -0.05) is 12.1 Å². The van der Waals surface area contributed by atoms with E-state index in [1.807, 2.05) is 0 Å². The Balaban J connectivity index is 1.64. The lowest BCUT2D eigenvalue weighted by Gasteiger charge is -2.11. The number of nitrogens with one attached hydrogen (secondary N) is 1. The Morgan fingerprint density at radius 1 is 1.00 bits per heavy atom. The molecule has 1 aromatic heterocycles. The molecule has 0 atom stereocenters. The lowest BCUT2D eigenvalue weighted by molar-refractivity contribution is 0.0600. The Hall–Kier alpha value is -3.81. The zero-order chi connectivity index (χ0) is 21.5. The lowest BCUT2D eigenvalue weighted by Crippen LogP contribution is -2.26. The molecule has 0 radical (unpaired) electrons. The fraction of sp³-hybridized carbons (Fsp3) is 0.136. The minimum absolute atomic E-state index is 0.0830. The molecule has 2 aromatic carbocycles. The summed E-state index contributed by atoms with van der Waals surface area (Å²) in [5.74, 6) is -1.96. The average molecular weight is 412 g/mol. The molecule has 0 aliphatic rings. The largest absolute Gasteiger partial charge is 0.465 e. The fourth-order valence-corrected chi connectivity index (χ4v) is 2.63. The van der Waals surface area contributed by atoms with Crippen molar-refractivity contribution in [3.63, 3.8) is 0 Å². The standard InChI is InChI=1S/C22H18F2N2O4/c1-29-22(28)15-4-2-14(3-5-15)10-11-25-20(27)19-12-17(24)13-26-21(19)30-18-8-6-16(23)7-9-18/h2-9,12-13H,10-11H2,1H3,(H,25,27). The van der Waals surface area contributed by atoms with Crippen LogP contribution in [0.15, 0.2) is 60.8 Å². The van der Waals surface area contributed by atoms with Crippen molar-refractivity contribution in [2.75, 3.05) is 13.7 Å². The Labute approximate surface area is 171 Å². The van der Waals surface area contributed by atoms with Gasteiger partial charge >= 0.3 is 5.97 Å². The summed E-state index contributed by atoms with van der Waals surface area (Å²) in [4.78, 5) is 27.8. The van der Waals surface area contributed by atoms with Crippen LogP contribution in [0.5, 0.6) is 11.6 Å². The molecule has 0 aliphatic carbocycles. The third-order valence-electron chi connectivity index (χ3n) is 4.16. The van der Waals surface area contributed by atoms with Crippen LogP contribution in [0.3, 0.4) is 0 Å². The van der Waals surface area contributed by atoms with Crippen molar-refractivity contribution >= 4 is 11.9 Å². The normalized spacial score (nSPS) is 10.4. The molecule has 0 bridgehead atoms. The average Bonchev–Trinajstić information content (AvgIpc) is 2.76. The molecule has 1 amide bonds. The van der Waals surface area contributed by atoms with Crippen molar-refractivity contribution in [3.8, 4) is 11.6 Å². The zero-order valence-corrected chi connectivity index (χ0v) is 16.0. The van der Waals surface area contributed by atoms with Gasteiger partial charge in [0.25, 0.3) is 5.91 Å². The molecule has 0 spiro atoms. The number of amides is 1. The minimum Gasteiger partial charge on any atom is -0.465 e. The van der Waals surface area contributed by atoms with Gasteiger partial charge in [0, 0.05) is 6.54 Å². The summed E-state index contributed by atoms with van der Waals surface area (Å²) in [5.41, 5.74) is 1.24. The quantitative estimate of drug-likeness (QED) is 0.596. The summed E-state index contributed by atoms with van der Waals surface area (Å²) < 4.78 is 36.8. The number of benzene rings is 2. The molecule has 6 nitrogen and oxygen atoms in total. The molecule has 8 heteroatoms. The van der Waals surface area contributed by atoms with E-state index in [0.717, 1.165) is 17.8 Å². The van der Waals surface area contributed by atoms with E-state index < -0.39 is 23.5 Å². The van der Waals surface area contributed by atoms with Crippen molar-refractivity contribution in [1.82, 2.24) is 10.3 Å². The number of esters is 1. The van der Waals surface area contributed by atoms with Crippen LogP contribution in [0, 0.1) is 11.6 Å². The minimum atomic E-state index is -0.690. The van der Waals surface area contributed by atoms with Crippen LogP contribution in [0.1, 0.15) is 26.3 Å². The van der Waals surface area contributed by atoms with Crippen LogP contribution in [-0.2, 0) is 11.2 Å². The highest BCUT2D eigenvalue weighted by atomic mass is 19.1. The second kappa shape index (κ2) is 9.60. The van der Waals surface area contributed by atoms with Crippen LogP contribution in [-0.4, -0.2) is 30.5 Å². The lowest BCUT2D eigenvalue weighted by atomic mass is 10.1. The summed E-state index contributed by atoms with van der Waals surface area (Å²) in [6.07, 6.45) is 1.42. The molecule has 0 saturated heterocycles. The summed E-state index contributed by atoms with van der Waals surface area (Å²) in [6.45, 7) is 0.267. The van der Waals surface area contributed by atoms with E-state index in [4.69, 9.17) is 4.74 Å². The number of carbonyl (C=O) groups excluding carboxylic acids is 2. The Morgan fingerprint density at radius 3 is 2.37 bits per heavy atom. The number of hydrogen-bond acceptors (Lipinski definition) is 5. The third kappa shape index (κ3) is 5.38. The smallest absolute Gasteiger partial charge is 0.337 e. The number of rotatable bonds is 7. The predicted molar refractivity (Wildman–Crippen MR) is 104 cm³/mol. The summed E-state index contributed by atoms with van der Waals surface area (Å²) in [5, 5.41) is 2.68. The van der Waals surface area contributed by atoms with E-state index in [9.17, 15) is 18.4 Å². The molecule has 30 heavy (non-hydrogen) atoms. The van der Waals surface area contributed by atoms with Gasteiger partial charge in [-0.15, -0.1) is 0 Å². The highest BCUT2D eigenvalue weighted by Crippen LogP contribution is 2.24. The number of halogens is 2. The van der Waals surface area contributed by atoms with Crippen molar-refractivity contribution in [1.29, 1.82) is 0 Å². The zero-order valence-electron chi connectivity index (χ0n) is 16.0. The fourth-order valence-electron chi connectivity index (χ4n) is 2.63. The van der Waals surface area contributed by atoms with Gasteiger partial charge in [-0.25, -0.2) is 18.6 Å². The highest BCUT2D eigenvalue weighted by molar-refractivity contribution is 5.96. The molecule has 0 fully saturated rings. The van der Waals surface area contributed by atoms with Crippen molar-refractivity contribution in [3.05, 3.63) is 89.1 Å². The summed E-state index contributed by atoms with van der Waals surface area (Å²) >= 11 is 0. The monoisotopic (exact) mass is 412 g/mol. The van der Waals surface area contributed by atoms with Crippen LogP contribution in [0.25, 0.3) is 0 Å². The molecule has 0 aliphatic heterocycles. The summed E-state index contributed by atoms with van der Waals surface area (Å²) in [7, 11) is 1.31. The highest BCUT2D eigenvalue weighted by Gasteiger charge is 2.16. The van der Waals surface area contributed by atoms with E-state index in [1.54, 1.807) is 24.3 Å². The van der Waals surface area contributed by atoms with Crippen molar-refractivity contribution in [2.24, 2.45) is 0 Å². The summed E-state index contributed by atoms with van der Waals surface area (Å²) in [6, 6.07) is 12.9. The number of hydrogen-bond donors (Lipinski definition) is 1. The molecule has 1 N–H and O–H groups in total. The van der Waals surface area contributed by atoms with Gasteiger partial charge < -0.3 is 14.8 Å². The van der Waals surface area contributed by atoms with E-state index in [2.05, 4.69) is 15.0 Å². The predicted octanol–water partition coefficient (Wildman–Crippen LogP) is 3.91. The second-order valence-corrected chi connectivity index (χ2v) is 6.26. The van der Waals surface area contributed by atoms with Crippen LogP contribution < -0.4 is 10.1 Å². The first-order valence-electron chi connectivity index (χ1n) is 9.00. The first kappa shape index (κ1) is 20.9. The molecular weight excluding hydrogens is 394 g/mol. The van der Waals surface area contributed by atoms with Crippen molar-refractivity contribution < 1.29 is 27.8 Å². The first-order valence-corrected chi connectivity index (χ1v) is 9.00. The molecular formula is C22H18F2N2O4. The molecule has 0 unspecified atom stereocenters. The van der Waals surface area contributed by atoms with Crippen LogP contribution >= 0.6 is 0 Å². The van der Waals surface area contributed by atoms with Gasteiger partial charge in [0.15, 0.2) is 0 Å². The maximum Gasteiger partial charge on any atom is 0.337 e. The van der Waals surface area contributed by atoms with Gasteiger partial charge in [0.2, 0.25) is 5.88 Å². The molecule has 154 valence electrons. The number of nitrogens with zero attached hydrogens (tertiary/aromatic N) is 1. The molecule has 3 rings (SSSR count). The maximum absolute atomic E-state index is 13.6. The Morgan fingerprint density at radius 2 is 1.70 bits per heavy atom. The van der Waals surface area contributed by atoms with E-state index in [1.165, 1.54) is 31.4 Å². The van der Waals surface area contributed by atoms with Gasteiger partial charge in [-0.3, -0.25) is 4.79 Å². The Bertz CT molecular complexity index is 1040. The van der Waals surface area contributed by atoms with Gasteiger partial charge in [-0.05, 0) is 54.4 Å². The number of carbonyl (C=O) groups is 2. The van der Waals surface area contributed by atoms with Crippen molar-refractivity contribution in [2.45, 2.75) is 6.42 Å². The molecule has 3 aromatic rings. The molecule has 0 saturated carbocycles. The van der Waals surface area contributed by atoms with E-state index >= 15 is 0 Å². The first-order chi connectivity index (χ1) is 14.5. The number of methoxy groups -OCH3 is 1. The number of aromatic nitrogens is 1. The van der Waals surface area contributed by atoms with Crippen LogP contribution in [0.4, 0.5) is 8.78 Å². The van der Waals surface area contributed by atoms with Crippen LogP contribution in [0.2, 0.25) is 0 Å². The maximum atomic E-state index is 13.6. The van der Waals surface area contributed by atoms with E-state index in [0.29, 0.717) is 12.0 Å². The second-order valence-electron chi connectivity index (χ2n) is 6.26. The van der Waals surface area contributed by atoms with Gasteiger partial charge in [0.1, 0.15) is 22.9 Å². The SMILES string of the molecule is COC(=O)c1ccc(CCNC(=O)c2cc(F)cnc2Oc2ccc(F)cc2)cc1. The van der Waals surface area contributed by atoms with E-state index in [-0.39, 0.29) is 23.7 Å². The Kier molecular flexibility index (Phi) is 6.69. The van der Waals surface area contributed by atoms with Gasteiger partial charge in [-0.2, -0.15) is 0 Å². The number of ether oxygens (including phenoxy) is 2. The third-order valence-corrected chi connectivity index (χ3v) is 4.16. The molecule has 1 heterocycles.